The zero-order valence-electron chi connectivity index (χ0n) is 9.20. The van der Waals surface area contributed by atoms with Crippen molar-refractivity contribution >= 4 is 23.0 Å². The molecule has 3 rings (SSSR count). The molecule has 96 valence electrons. The molecule has 0 amide bonds. The molecule has 0 aromatic heterocycles. The number of benzene rings is 1. The van der Waals surface area contributed by atoms with Crippen LogP contribution in [0.5, 0.6) is 11.5 Å². The van der Waals surface area contributed by atoms with Crippen LogP contribution in [0.2, 0.25) is 0 Å². The fourth-order valence-corrected chi connectivity index (χ4v) is 1.89. The van der Waals surface area contributed by atoms with E-state index >= 15 is 0 Å². The Labute approximate surface area is 107 Å². The van der Waals surface area contributed by atoms with E-state index < -0.39 is 6.29 Å². The Morgan fingerprint density at radius 3 is 2.72 bits per heavy atom. The van der Waals surface area contributed by atoms with Crippen molar-refractivity contribution in [3.05, 3.63) is 18.2 Å². The maximum Gasteiger partial charge on any atom is 0.586 e. The van der Waals surface area contributed by atoms with Crippen molar-refractivity contribution in [3.8, 4) is 11.5 Å². The van der Waals surface area contributed by atoms with Gasteiger partial charge >= 0.3 is 6.29 Å². The highest BCUT2D eigenvalue weighted by molar-refractivity contribution is 7.80. The van der Waals surface area contributed by atoms with Crippen LogP contribution in [-0.2, 0) is 0 Å². The summed E-state index contributed by atoms with van der Waals surface area (Å²) in [5.74, 6) is 0.0193. The van der Waals surface area contributed by atoms with Crippen molar-refractivity contribution in [1.29, 1.82) is 0 Å². The van der Waals surface area contributed by atoms with Gasteiger partial charge in [0.25, 0.3) is 0 Å². The van der Waals surface area contributed by atoms with E-state index in [0.717, 1.165) is 12.8 Å². The SMILES string of the molecule is FC1(F)Oc2ccc(NC(=S)NC3CC3)cc2O1. The topological polar surface area (TPSA) is 42.5 Å². The number of rotatable bonds is 2. The monoisotopic (exact) mass is 272 g/mol. The van der Waals surface area contributed by atoms with E-state index in [4.69, 9.17) is 12.2 Å². The van der Waals surface area contributed by atoms with Crippen LogP contribution in [0.25, 0.3) is 0 Å². The molecule has 0 radical (unpaired) electrons. The first kappa shape index (κ1) is 11.5. The summed E-state index contributed by atoms with van der Waals surface area (Å²) in [5.41, 5.74) is 0.577. The van der Waals surface area contributed by atoms with Crippen LogP contribution in [0, 0.1) is 0 Å². The number of hydrogen-bond donors (Lipinski definition) is 2. The van der Waals surface area contributed by atoms with Crippen molar-refractivity contribution < 1.29 is 18.3 Å². The number of alkyl halides is 2. The molecule has 1 aromatic rings. The minimum atomic E-state index is -3.59. The Morgan fingerprint density at radius 2 is 2.00 bits per heavy atom. The molecule has 18 heavy (non-hydrogen) atoms. The summed E-state index contributed by atoms with van der Waals surface area (Å²) in [6.07, 6.45) is -1.38. The van der Waals surface area contributed by atoms with Gasteiger partial charge in [-0.25, -0.2) is 0 Å². The van der Waals surface area contributed by atoms with Crippen molar-refractivity contribution in [1.82, 2.24) is 5.32 Å². The molecule has 7 heteroatoms. The van der Waals surface area contributed by atoms with Crippen LogP contribution < -0.4 is 20.1 Å². The van der Waals surface area contributed by atoms with E-state index in [-0.39, 0.29) is 11.5 Å². The molecule has 0 spiro atoms. The van der Waals surface area contributed by atoms with Crippen LogP contribution in [0.15, 0.2) is 18.2 Å². The first-order valence-corrected chi connectivity index (χ1v) is 5.90. The number of ether oxygens (including phenoxy) is 2. The molecule has 0 bridgehead atoms. The highest BCUT2D eigenvalue weighted by Gasteiger charge is 2.43. The Balaban J connectivity index is 1.69. The summed E-state index contributed by atoms with van der Waals surface area (Å²) in [6, 6.07) is 4.88. The molecule has 1 aliphatic carbocycles. The molecule has 2 N–H and O–H groups in total. The fourth-order valence-electron chi connectivity index (χ4n) is 1.61. The Bertz CT molecular complexity index is 506. The molecule has 1 aromatic carbocycles. The lowest BCUT2D eigenvalue weighted by atomic mass is 10.3. The third-order valence-electron chi connectivity index (χ3n) is 2.57. The molecule has 0 unspecified atom stereocenters. The van der Waals surface area contributed by atoms with Crippen molar-refractivity contribution in [3.63, 3.8) is 0 Å². The average molecular weight is 272 g/mol. The Morgan fingerprint density at radius 1 is 1.28 bits per heavy atom. The first-order valence-electron chi connectivity index (χ1n) is 5.49. The Hall–Kier alpha value is -1.63. The lowest BCUT2D eigenvalue weighted by Crippen LogP contribution is -2.30. The maximum atomic E-state index is 12.8. The number of halogens is 2. The van der Waals surface area contributed by atoms with Gasteiger partial charge in [-0.1, -0.05) is 0 Å². The largest absolute Gasteiger partial charge is 0.586 e. The van der Waals surface area contributed by atoms with Gasteiger partial charge in [0.1, 0.15) is 0 Å². The van der Waals surface area contributed by atoms with Crippen LogP contribution in [0.1, 0.15) is 12.8 Å². The zero-order chi connectivity index (χ0) is 12.8. The predicted octanol–water partition coefficient (Wildman–Crippen LogP) is 2.46. The van der Waals surface area contributed by atoms with Gasteiger partial charge in [-0.15, -0.1) is 8.78 Å². The Kier molecular flexibility index (Phi) is 2.51. The molecule has 1 heterocycles. The van der Waals surface area contributed by atoms with E-state index in [9.17, 15) is 8.78 Å². The molecule has 2 aliphatic rings. The third kappa shape index (κ3) is 2.45. The standard InChI is InChI=1S/C11H10F2N2O2S/c12-11(13)16-8-4-3-7(5-9(8)17-11)15-10(18)14-6-1-2-6/h3-6H,1-2H2,(H2,14,15,18). The molecule has 0 atom stereocenters. The van der Waals surface area contributed by atoms with E-state index in [0.29, 0.717) is 16.8 Å². The molecule has 4 nitrogen and oxygen atoms in total. The van der Waals surface area contributed by atoms with Gasteiger partial charge in [-0.05, 0) is 37.2 Å². The maximum absolute atomic E-state index is 12.8. The molecular weight excluding hydrogens is 262 g/mol. The van der Waals surface area contributed by atoms with Gasteiger partial charge in [-0.3, -0.25) is 0 Å². The van der Waals surface area contributed by atoms with Crippen LogP contribution in [0.3, 0.4) is 0 Å². The molecular formula is C11H10F2N2O2S. The smallest absolute Gasteiger partial charge is 0.395 e. The van der Waals surface area contributed by atoms with Gasteiger partial charge in [-0.2, -0.15) is 0 Å². The summed E-state index contributed by atoms with van der Waals surface area (Å²) in [7, 11) is 0. The second-order valence-electron chi connectivity index (χ2n) is 4.20. The van der Waals surface area contributed by atoms with Crippen molar-refractivity contribution in [2.75, 3.05) is 5.32 Å². The molecule has 0 saturated heterocycles. The van der Waals surface area contributed by atoms with Crippen molar-refractivity contribution in [2.45, 2.75) is 25.2 Å². The number of fused-ring (bicyclic) bond motifs is 1. The van der Waals surface area contributed by atoms with Gasteiger partial charge in [0, 0.05) is 17.8 Å². The third-order valence-corrected chi connectivity index (χ3v) is 2.79. The van der Waals surface area contributed by atoms with E-state index in [2.05, 4.69) is 20.1 Å². The minimum Gasteiger partial charge on any atom is -0.395 e. The number of nitrogens with one attached hydrogen (secondary N) is 2. The quantitative estimate of drug-likeness (QED) is 0.810. The number of thiocarbonyl (C=S) groups is 1. The predicted molar refractivity (Wildman–Crippen MR) is 65.0 cm³/mol. The summed E-state index contributed by atoms with van der Waals surface area (Å²) in [4.78, 5) is 0. The lowest BCUT2D eigenvalue weighted by molar-refractivity contribution is -0.286. The van der Waals surface area contributed by atoms with Gasteiger partial charge in [0.15, 0.2) is 16.6 Å². The van der Waals surface area contributed by atoms with Crippen molar-refractivity contribution in [2.24, 2.45) is 0 Å². The van der Waals surface area contributed by atoms with Gasteiger partial charge in [0.2, 0.25) is 0 Å². The summed E-state index contributed by atoms with van der Waals surface area (Å²) in [6.45, 7) is 0. The van der Waals surface area contributed by atoms with Crippen LogP contribution >= 0.6 is 12.2 Å². The van der Waals surface area contributed by atoms with Crippen LogP contribution in [-0.4, -0.2) is 17.4 Å². The van der Waals surface area contributed by atoms with E-state index in [1.807, 2.05) is 0 Å². The molecule has 1 aliphatic heterocycles. The second kappa shape index (κ2) is 3.94. The molecule has 1 saturated carbocycles. The normalized spacial score (nSPS) is 19.4. The first-order chi connectivity index (χ1) is 8.52. The van der Waals surface area contributed by atoms with Crippen LogP contribution in [0.4, 0.5) is 14.5 Å². The summed E-state index contributed by atoms with van der Waals surface area (Å²) < 4.78 is 34.3. The van der Waals surface area contributed by atoms with E-state index in [1.165, 1.54) is 12.1 Å². The minimum absolute atomic E-state index is 0.000720. The fraction of sp³-hybridized carbons (Fsp3) is 0.364. The lowest BCUT2D eigenvalue weighted by Gasteiger charge is -2.09. The second-order valence-corrected chi connectivity index (χ2v) is 4.61. The molecule has 1 fully saturated rings. The summed E-state index contributed by atoms with van der Waals surface area (Å²) >= 11 is 5.08. The highest BCUT2D eigenvalue weighted by atomic mass is 32.1. The van der Waals surface area contributed by atoms with Gasteiger partial charge in [0.05, 0.1) is 0 Å². The van der Waals surface area contributed by atoms with E-state index in [1.54, 1.807) is 6.07 Å². The summed E-state index contributed by atoms with van der Waals surface area (Å²) in [5, 5.41) is 6.47. The number of anilines is 1. The average Bonchev–Trinajstić information content (AvgIpc) is 2.99. The van der Waals surface area contributed by atoms with Gasteiger partial charge < -0.3 is 20.1 Å². The highest BCUT2D eigenvalue weighted by Crippen LogP contribution is 2.42. The number of hydrogen-bond acceptors (Lipinski definition) is 3. The zero-order valence-corrected chi connectivity index (χ0v) is 10.0.